The Morgan fingerprint density at radius 1 is 1.10 bits per heavy atom. The van der Waals surface area contributed by atoms with Crippen LogP contribution in [0.25, 0.3) is 11.1 Å². The minimum absolute atomic E-state index is 0.0284. The minimum Gasteiger partial charge on any atom is -0.497 e. The van der Waals surface area contributed by atoms with E-state index in [1.165, 1.54) is 29.0 Å². The normalized spacial score (nSPS) is 15.6. The number of carbonyl (C=O) groups excluding carboxylic acids is 2. The molecular formula is C19H17F2N3O6S. The number of benzene rings is 2. The van der Waals surface area contributed by atoms with Crippen molar-refractivity contribution in [3.63, 3.8) is 0 Å². The number of anilines is 1. The molecule has 4 N–H and O–H groups in total. The van der Waals surface area contributed by atoms with E-state index in [1.54, 1.807) is 0 Å². The van der Waals surface area contributed by atoms with Crippen LogP contribution in [0.2, 0.25) is 0 Å². The van der Waals surface area contributed by atoms with Crippen LogP contribution in [-0.4, -0.2) is 40.5 Å². The number of nitrogens with one attached hydrogen (secondary N) is 2. The SMILES string of the molecule is [2H]C([2H])([2H])Oc1cccc(-c2cc(F)c(NC(=O)C3=C(C(=O)NS(N)(=O)=O)COC3)c(F)c2)c1. The highest BCUT2D eigenvalue weighted by Crippen LogP contribution is 2.30. The Morgan fingerprint density at radius 3 is 2.35 bits per heavy atom. The third-order valence-electron chi connectivity index (χ3n) is 4.21. The van der Waals surface area contributed by atoms with E-state index in [-0.39, 0.29) is 28.0 Å². The monoisotopic (exact) mass is 456 g/mol. The molecule has 0 bridgehead atoms. The fraction of sp³-hybridized carbons (Fsp3) is 0.158. The number of methoxy groups -OCH3 is 1. The van der Waals surface area contributed by atoms with Gasteiger partial charge in [0.25, 0.3) is 22.0 Å². The molecule has 0 fully saturated rings. The van der Waals surface area contributed by atoms with Gasteiger partial charge in [-0.1, -0.05) is 12.1 Å². The minimum atomic E-state index is -4.41. The first-order chi connectivity index (χ1) is 15.7. The van der Waals surface area contributed by atoms with Crippen molar-refractivity contribution in [1.82, 2.24) is 4.72 Å². The van der Waals surface area contributed by atoms with E-state index in [4.69, 9.17) is 18.7 Å². The van der Waals surface area contributed by atoms with Crippen LogP contribution in [0.1, 0.15) is 4.11 Å². The molecule has 1 heterocycles. The van der Waals surface area contributed by atoms with Crippen LogP contribution < -0.4 is 19.9 Å². The second kappa shape index (κ2) is 8.79. The molecule has 0 atom stereocenters. The molecule has 0 aliphatic carbocycles. The van der Waals surface area contributed by atoms with E-state index in [9.17, 15) is 26.8 Å². The van der Waals surface area contributed by atoms with Crippen LogP contribution in [-0.2, 0) is 24.5 Å². The molecule has 1 aliphatic rings. The Hall–Kier alpha value is -3.35. The maximum absolute atomic E-state index is 14.7. The average Bonchev–Trinajstić information content (AvgIpc) is 3.18. The molecule has 164 valence electrons. The molecular weight excluding hydrogens is 436 g/mol. The standard InChI is InChI=1S/C19H17F2N3O6S/c1-29-12-4-2-3-10(5-12)11-6-15(20)17(16(21)7-11)23-18(25)13-8-30-9-14(13)19(26)24-31(22,27)28/h2-7H,8-9H2,1H3,(H,23,25)(H,24,26)(H2,22,27,28)/i1D3. The van der Waals surface area contributed by atoms with E-state index < -0.39 is 59.6 Å². The lowest BCUT2D eigenvalue weighted by Gasteiger charge is -2.12. The maximum Gasteiger partial charge on any atom is 0.298 e. The van der Waals surface area contributed by atoms with Gasteiger partial charge in [0.1, 0.15) is 23.1 Å². The Kier molecular flexibility index (Phi) is 5.23. The smallest absolute Gasteiger partial charge is 0.298 e. The summed E-state index contributed by atoms with van der Waals surface area (Å²) in [7, 11) is -7.12. The van der Waals surface area contributed by atoms with Crippen molar-refractivity contribution in [1.29, 1.82) is 0 Å². The second-order valence-electron chi connectivity index (χ2n) is 6.33. The van der Waals surface area contributed by atoms with Gasteiger partial charge in [-0.05, 0) is 35.4 Å². The van der Waals surface area contributed by atoms with Gasteiger partial charge in [-0.25, -0.2) is 18.6 Å². The lowest BCUT2D eigenvalue weighted by molar-refractivity contribution is -0.117. The second-order valence-corrected chi connectivity index (χ2v) is 7.62. The van der Waals surface area contributed by atoms with Crippen molar-refractivity contribution in [3.8, 4) is 16.9 Å². The van der Waals surface area contributed by atoms with Crippen LogP contribution in [0, 0.1) is 11.6 Å². The fourth-order valence-corrected chi connectivity index (χ4v) is 3.19. The summed E-state index contributed by atoms with van der Waals surface area (Å²) < 4.78 is 84.1. The van der Waals surface area contributed by atoms with E-state index in [1.807, 2.05) is 5.32 Å². The largest absolute Gasteiger partial charge is 0.497 e. The number of hydrogen-bond donors (Lipinski definition) is 3. The molecule has 0 unspecified atom stereocenters. The Labute approximate surface area is 180 Å². The first-order valence-electron chi connectivity index (χ1n) is 9.98. The van der Waals surface area contributed by atoms with Gasteiger partial charge < -0.3 is 14.8 Å². The van der Waals surface area contributed by atoms with Crippen molar-refractivity contribution < 1.29 is 40.4 Å². The molecule has 0 saturated carbocycles. The predicted octanol–water partition coefficient (Wildman–Crippen LogP) is 1.23. The zero-order valence-electron chi connectivity index (χ0n) is 18.6. The predicted molar refractivity (Wildman–Crippen MR) is 106 cm³/mol. The Balaban J connectivity index is 1.86. The lowest BCUT2D eigenvalue weighted by Crippen LogP contribution is -2.37. The number of halogens is 2. The van der Waals surface area contributed by atoms with E-state index in [0.717, 1.165) is 12.1 Å². The zero-order chi connectivity index (χ0) is 25.3. The van der Waals surface area contributed by atoms with Gasteiger partial charge >= 0.3 is 0 Å². The Bertz CT molecular complexity index is 1280. The van der Waals surface area contributed by atoms with Crippen LogP contribution >= 0.6 is 0 Å². The van der Waals surface area contributed by atoms with Crippen LogP contribution in [0.15, 0.2) is 47.5 Å². The third kappa shape index (κ3) is 5.23. The van der Waals surface area contributed by atoms with Crippen molar-refractivity contribution in [2.75, 3.05) is 25.6 Å². The highest BCUT2D eigenvalue weighted by atomic mass is 32.2. The summed E-state index contributed by atoms with van der Waals surface area (Å²) in [5.74, 6) is -4.67. The summed E-state index contributed by atoms with van der Waals surface area (Å²) in [5.41, 5.74) is -1.25. The molecule has 0 aromatic heterocycles. The molecule has 3 rings (SSSR count). The van der Waals surface area contributed by atoms with Gasteiger partial charge in [-0.15, -0.1) is 0 Å². The van der Waals surface area contributed by atoms with Crippen molar-refractivity contribution in [2.45, 2.75) is 0 Å². The molecule has 9 nitrogen and oxygen atoms in total. The molecule has 0 spiro atoms. The summed E-state index contributed by atoms with van der Waals surface area (Å²) in [6.45, 7) is -0.820. The average molecular weight is 456 g/mol. The summed E-state index contributed by atoms with van der Waals surface area (Å²) in [6.07, 6.45) is 0. The molecule has 31 heavy (non-hydrogen) atoms. The summed E-state index contributed by atoms with van der Waals surface area (Å²) in [6, 6.07) is 7.34. The summed E-state index contributed by atoms with van der Waals surface area (Å²) in [5, 5.41) is 6.73. The number of carbonyl (C=O) groups is 2. The van der Waals surface area contributed by atoms with Crippen LogP contribution in [0.4, 0.5) is 14.5 Å². The van der Waals surface area contributed by atoms with Crippen molar-refractivity contribution in [3.05, 3.63) is 59.2 Å². The van der Waals surface area contributed by atoms with Gasteiger partial charge in [0.2, 0.25) is 0 Å². The first-order valence-corrected chi connectivity index (χ1v) is 10.0. The number of amides is 2. The van der Waals surface area contributed by atoms with Gasteiger partial charge in [-0.2, -0.15) is 8.42 Å². The highest BCUT2D eigenvalue weighted by molar-refractivity contribution is 7.87. The fourth-order valence-electron chi connectivity index (χ4n) is 2.81. The maximum atomic E-state index is 14.7. The summed E-state index contributed by atoms with van der Waals surface area (Å²) in [4.78, 5) is 24.5. The zero-order valence-corrected chi connectivity index (χ0v) is 16.4. The summed E-state index contributed by atoms with van der Waals surface area (Å²) >= 11 is 0. The molecule has 2 aromatic rings. The van der Waals surface area contributed by atoms with Crippen molar-refractivity contribution >= 4 is 27.7 Å². The third-order valence-corrected chi connectivity index (χ3v) is 4.68. The molecule has 2 amide bonds. The number of ether oxygens (including phenoxy) is 2. The molecule has 1 aliphatic heterocycles. The number of nitrogens with two attached hydrogens (primary N) is 1. The Morgan fingerprint density at radius 2 is 1.74 bits per heavy atom. The molecule has 12 heteroatoms. The number of hydrogen-bond acceptors (Lipinski definition) is 6. The van der Waals surface area contributed by atoms with Gasteiger partial charge in [-0.3, -0.25) is 9.59 Å². The molecule has 0 saturated heterocycles. The van der Waals surface area contributed by atoms with Crippen molar-refractivity contribution in [2.24, 2.45) is 5.14 Å². The van der Waals surface area contributed by atoms with E-state index in [2.05, 4.69) is 0 Å². The quantitative estimate of drug-likeness (QED) is 0.598. The van der Waals surface area contributed by atoms with Crippen LogP contribution in [0.3, 0.4) is 0 Å². The molecule has 0 radical (unpaired) electrons. The highest BCUT2D eigenvalue weighted by Gasteiger charge is 2.29. The molecule has 2 aromatic carbocycles. The van der Waals surface area contributed by atoms with Gasteiger partial charge in [0.15, 0.2) is 0 Å². The van der Waals surface area contributed by atoms with E-state index >= 15 is 0 Å². The van der Waals surface area contributed by atoms with E-state index in [0.29, 0.717) is 0 Å². The topological polar surface area (TPSA) is 137 Å². The van der Waals surface area contributed by atoms with Gasteiger partial charge in [0, 0.05) is 0 Å². The van der Waals surface area contributed by atoms with Crippen LogP contribution in [0.5, 0.6) is 5.75 Å². The first kappa shape index (κ1) is 18.4. The lowest BCUT2D eigenvalue weighted by atomic mass is 10.0. The number of rotatable bonds is 6. The van der Waals surface area contributed by atoms with Gasteiger partial charge in [0.05, 0.1) is 35.5 Å².